The van der Waals surface area contributed by atoms with E-state index < -0.39 is 0 Å². The van der Waals surface area contributed by atoms with Gasteiger partial charge in [0.15, 0.2) is 0 Å². The summed E-state index contributed by atoms with van der Waals surface area (Å²) >= 11 is 0. The maximum absolute atomic E-state index is 13.3. The quantitative estimate of drug-likeness (QED) is 0.712. The fourth-order valence-electron chi connectivity index (χ4n) is 1.90. The highest BCUT2D eigenvalue weighted by Crippen LogP contribution is 2.37. The number of furan rings is 1. The molecular formula is C12H9FO2. The van der Waals surface area contributed by atoms with Crippen molar-refractivity contribution in [3.8, 4) is 16.9 Å². The first-order chi connectivity index (χ1) is 7.34. The molecule has 2 nitrogen and oxygen atoms in total. The van der Waals surface area contributed by atoms with E-state index in [1.54, 1.807) is 18.6 Å². The lowest BCUT2D eigenvalue weighted by atomic mass is 10.0. The molecule has 0 aliphatic carbocycles. The van der Waals surface area contributed by atoms with Gasteiger partial charge in [-0.25, -0.2) is 4.39 Å². The topological polar surface area (TPSA) is 22.4 Å². The number of rotatable bonds is 1. The smallest absolute Gasteiger partial charge is 0.130 e. The number of fused-ring (bicyclic) bond motifs is 1. The summed E-state index contributed by atoms with van der Waals surface area (Å²) in [5.41, 5.74) is 2.56. The summed E-state index contributed by atoms with van der Waals surface area (Å²) in [6.07, 6.45) is 3.94. The van der Waals surface area contributed by atoms with Gasteiger partial charge in [0.25, 0.3) is 0 Å². The molecule has 3 rings (SSSR count). The molecule has 1 aliphatic heterocycles. The fraction of sp³-hybridized carbons (Fsp3) is 0.167. The summed E-state index contributed by atoms with van der Waals surface area (Å²) in [6.45, 7) is 0.629. The van der Waals surface area contributed by atoms with Gasteiger partial charge in [-0.15, -0.1) is 0 Å². The Balaban J connectivity index is 2.23. The average molecular weight is 204 g/mol. The molecule has 0 spiro atoms. The molecule has 0 N–H and O–H groups in total. The van der Waals surface area contributed by atoms with Gasteiger partial charge in [0.05, 0.1) is 19.1 Å². The third-order valence-electron chi connectivity index (χ3n) is 2.58. The normalized spacial score (nSPS) is 13.7. The van der Waals surface area contributed by atoms with Gasteiger partial charge in [-0.05, 0) is 18.2 Å². The van der Waals surface area contributed by atoms with E-state index in [1.165, 1.54) is 12.1 Å². The Hall–Kier alpha value is -1.77. The highest BCUT2D eigenvalue weighted by atomic mass is 19.1. The summed E-state index contributed by atoms with van der Waals surface area (Å²) in [5.74, 6) is 0.563. The Morgan fingerprint density at radius 3 is 3.00 bits per heavy atom. The van der Waals surface area contributed by atoms with E-state index in [0.717, 1.165) is 28.9 Å². The Bertz CT molecular complexity index is 489. The maximum Gasteiger partial charge on any atom is 0.130 e. The molecule has 0 amide bonds. The number of hydrogen-bond acceptors (Lipinski definition) is 2. The van der Waals surface area contributed by atoms with Crippen molar-refractivity contribution in [3.63, 3.8) is 0 Å². The third-order valence-corrected chi connectivity index (χ3v) is 2.58. The summed E-state index contributed by atoms with van der Waals surface area (Å²) in [7, 11) is 0. The van der Waals surface area contributed by atoms with E-state index in [-0.39, 0.29) is 5.82 Å². The molecule has 2 heterocycles. The molecule has 76 valence electrons. The molecule has 0 saturated heterocycles. The van der Waals surface area contributed by atoms with Crippen molar-refractivity contribution in [3.05, 3.63) is 42.1 Å². The van der Waals surface area contributed by atoms with Crippen LogP contribution in [0.5, 0.6) is 5.75 Å². The highest BCUT2D eigenvalue weighted by molar-refractivity contribution is 5.72. The van der Waals surface area contributed by atoms with E-state index >= 15 is 0 Å². The van der Waals surface area contributed by atoms with Gasteiger partial charge >= 0.3 is 0 Å². The van der Waals surface area contributed by atoms with E-state index in [0.29, 0.717) is 6.61 Å². The summed E-state index contributed by atoms with van der Waals surface area (Å²) in [6, 6.07) is 4.82. The first-order valence-corrected chi connectivity index (χ1v) is 4.82. The van der Waals surface area contributed by atoms with Crippen molar-refractivity contribution in [1.82, 2.24) is 0 Å². The fourth-order valence-corrected chi connectivity index (χ4v) is 1.90. The molecule has 1 aliphatic rings. The second kappa shape index (κ2) is 3.12. The van der Waals surface area contributed by atoms with Crippen LogP contribution in [0, 0.1) is 5.82 Å². The molecule has 15 heavy (non-hydrogen) atoms. The van der Waals surface area contributed by atoms with Gasteiger partial charge in [-0.3, -0.25) is 0 Å². The number of hydrogen-bond donors (Lipinski definition) is 0. The molecule has 0 atom stereocenters. The van der Waals surface area contributed by atoms with Gasteiger partial charge < -0.3 is 9.15 Å². The van der Waals surface area contributed by atoms with Gasteiger partial charge in [0.2, 0.25) is 0 Å². The van der Waals surface area contributed by atoms with Crippen molar-refractivity contribution in [2.75, 3.05) is 6.61 Å². The summed E-state index contributed by atoms with van der Waals surface area (Å²) in [5, 5.41) is 0. The van der Waals surface area contributed by atoms with Crippen LogP contribution in [-0.2, 0) is 6.42 Å². The van der Waals surface area contributed by atoms with Crippen LogP contribution in [0.3, 0.4) is 0 Å². The summed E-state index contributed by atoms with van der Waals surface area (Å²) in [4.78, 5) is 0. The van der Waals surface area contributed by atoms with E-state index in [9.17, 15) is 4.39 Å². The molecule has 0 radical (unpaired) electrons. The first kappa shape index (κ1) is 8.53. The number of halogens is 1. The molecule has 0 unspecified atom stereocenters. The molecule has 1 aromatic heterocycles. The first-order valence-electron chi connectivity index (χ1n) is 4.82. The minimum atomic E-state index is -0.226. The van der Waals surface area contributed by atoms with Crippen LogP contribution < -0.4 is 4.74 Å². The second-order valence-corrected chi connectivity index (χ2v) is 3.55. The van der Waals surface area contributed by atoms with E-state index in [1.807, 2.05) is 0 Å². The lowest BCUT2D eigenvalue weighted by molar-refractivity contribution is 0.358. The van der Waals surface area contributed by atoms with Crippen LogP contribution in [0.25, 0.3) is 11.1 Å². The average Bonchev–Trinajstić information content (AvgIpc) is 2.86. The van der Waals surface area contributed by atoms with Crippen LogP contribution in [0.15, 0.2) is 35.1 Å². The zero-order valence-corrected chi connectivity index (χ0v) is 8.00. The molecule has 0 bridgehead atoms. The lowest BCUT2D eigenvalue weighted by Gasteiger charge is -2.05. The monoisotopic (exact) mass is 204 g/mol. The van der Waals surface area contributed by atoms with Gasteiger partial charge in [0.1, 0.15) is 11.6 Å². The number of benzene rings is 1. The Kier molecular flexibility index (Phi) is 1.78. The number of ether oxygens (including phenoxy) is 1. The predicted octanol–water partition coefficient (Wildman–Crippen LogP) is 3.02. The summed E-state index contributed by atoms with van der Waals surface area (Å²) < 4.78 is 23.8. The van der Waals surface area contributed by atoms with Gasteiger partial charge in [-0.1, -0.05) is 0 Å². The molecule has 2 aromatic rings. The van der Waals surface area contributed by atoms with E-state index in [4.69, 9.17) is 9.15 Å². The Morgan fingerprint density at radius 2 is 2.20 bits per heavy atom. The maximum atomic E-state index is 13.3. The molecular weight excluding hydrogens is 195 g/mol. The largest absolute Gasteiger partial charge is 0.492 e. The SMILES string of the molecule is Fc1cc2c(c(-c3ccoc3)c1)OCC2. The predicted molar refractivity (Wildman–Crippen MR) is 53.3 cm³/mol. The minimum Gasteiger partial charge on any atom is -0.492 e. The lowest BCUT2D eigenvalue weighted by Crippen LogP contribution is -1.88. The van der Waals surface area contributed by atoms with Gasteiger partial charge in [-0.2, -0.15) is 0 Å². The van der Waals surface area contributed by atoms with Crippen molar-refractivity contribution in [2.45, 2.75) is 6.42 Å². The Labute approximate surface area is 86.3 Å². The second-order valence-electron chi connectivity index (χ2n) is 3.55. The zero-order chi connectivity index (χ0) is 10.3. The van der Waals surface area contributed by atoms with Gasteiger partial charge in [0, 0.05) is 23.1 Å². The van der Waals surface area contributed by atoms with Crippen LogP contribution >= 0.6 is 0 Å². The van der Waals surface area contributed by atoms with Crippen LogP contribution in [0.2, 0.25) is 0 Å². The van der Waals surface area contributed by atoms with Crippen molar-refractivity contribution in [1.29, 1.82) is 0 Å². The highest BCUT2D eigenvalue weighted by Gasteiger charge is 2.19. The van der Waals surface area contributed by atoms with Crippen LogP contribution in [0.1, 0.15) is 5.56 Å². The molecule has 0 fully saturated rings. The van der Waals surface area contributed by atoms with Crippen molar-refractivity contribution < 1.29 is 13.5 Å². The Morgan fingerprint density at radius 1 is 1.27 bits per heavy atom. The van der Waals surface area contributed by atoms with Crippen molar-refractivity contribution >= 4 is 0 Å². The minimum absolute atomic E-state index is 0.226. The van der Waals surface area contributed by atoms with Crippen LogP contribution in [0.4, 0.5) is 4.39 Å². The zero-order valence-electron chi connectivity index (χ0n) is 8.00. The van der Waals surface area contributed by atoms with Crippen LogP contribution in [-0.4, -0.2) is 6.61 Å². The molecule has 3 heteroatoms. The standard InChI is InChI=1S/C12H9FO2/c13-10-5-8-2-4-15-12(8)11(6-10)9-1-3-14-7-9/h1,3,5-7H,2,4H2. The van der Waals surface area contributed by atoms with Crippen molar-refractivity contribution in [2.24, 2.45) is 0 Å². The van der Waals surface area contributed by atoms with E-state index in [2.05, 4.69) is 0 Å². The third kappa shape index (κ3) is 1.31. The molecule has 0 saturated carbocycles. The molecule has 1 aromatic carbocycles.